The molecule has 8 N–H and O–H groups in total. The van der Waals surface area contributed by atoms with Crippen molar-refractivity contribution in [3.05, 3.63) is 36.2 Å². The van der Waals surface area contributed by atoms with Crippen molar-refractivity contribution < 1.29 is 9.59 Å². The fourth-order valence-corrected chi connectivity index (χ4v) is 2.57. The van der Waals surface area contributed by atoms with Gasteiger partial charge in [0.2, 0.25) is 5.91 Å². The minimum Gasteiger partial charge on any atom is -0.368 e. The molecule has 1 aromatic carbocycles. The van der Waals surface area contributed by atoms with Gasteiger partial charge in [-0.05, 0) is 30.5 Å². The van der Waals surface area contributed by atoms with Crippen LogP contribution in [0, 0.1) is 11.3 Å². The highest BCUT2D eigenvalue weighted by atomic mass is 16.1. The Kier molecular flexibility index (Phi) is 7.80. The molecule has 11 heteroatoms. The molecule has 2 amide bonds. The van der Waals surface area contributed by atoms with Gasteiger partial charge in [-0.25, -0.2) is 9.97 Å². The van der Waals surface area contributed by atoms with E-state index in [1.54, 1.807) is 24.3 Å². The van der Waals surface area contributed by atoms with E-state index in [-0.39, 0.29) is 23.2 Å². The van der Waals surface area contributed by atoms with Crippen molar-refractivity contribution in [3.63, 3.8) is 0 Å². The number of amides is 2. The number of carbonyl (C=O) groups is 2. The van der Waals surface area contributed by atoms with Crippen molar-refractivity contribution in [2.45, 2.75) is 26.3 Å². The third kappa shape index (κ3) is 6.55. The number of nitrogens with two attached hydrogens (primary N) is 2. The molecule has 0 spiro atoms. The molecule has 30 heavy (non-hydrogen) atoms. The van der Waals surface area contributed by atoms with Gasteiger partial charge in [0.1, 0.15) is 11.9 Å². The van der Waals surface area contributed by atoms with E-state index in [9.17, 15) is 9.59 Å². The number of anilines is 4. The summed E-state index contributed by atoms with van der Waals surface area (Å²) in [5.41, 5.74) is 14.8. The highest BCUT2D eigenvalue weighted by Crippen LogP contribution is 2.22. The summed E-state index contributed by atoms with van der Waals surface area (Å²) in [6.07, 6.45) is 4.17. The lowest BCUT2D eigenvalue weighted by Gasteiger charge is -2.18. The van der Waals surface area contributed by atoms with E-state index < -0.39 is 17.9 Å². The van der Waals surface area contributed by atoms with Gasteiger partial charge in [0.05, 0.1) is 18.1 Å². The molecule has 0 radical (unpaired) electrons. The maximum Gasteiger partial charge on any atom is 0.271 e. The number of aromatic nitrogens is 2. The summed E-state index contributed by atoms with van der Waals surface area (Å²) in [4.78, 5) is 31.9. The highest BCUT2D eigenvalue weighted by Gasteiger charge is 2.19. The van der Waals surface area contributed by atoms with Crippen LogP contribution in [0.4, 0.5) is 23.0 Å². The fourth-order valence-electron chi connectivity index (χ4n) is 2.57. The van der Waals surface area contributed by atoms with Gasteiger partial charge in [-0.15, -0.1) is 0 Å². The lowest BCUT2D eigenvalue weighted by atomic mass is 10.0. The van der Waals surface area contributed by atoms with Crippen LogP contribution in [-0.2, 0) is 4.79 Å². The first-order valence-electron chi connectivity index (χ1n) is 9.18. The van der Waals surface area contributed by atoms with Gasteiger partial charge in [0, 0.05) is 11.9 Å². The molecule has 1 atom stereocenters. The van der Waals surface area contributed by atoms with E-state index >= 15 is 0 Å². The summed E-state index contributed by atoms with van der Waals surface area (Å²) >= 11 is 0. The molecule has 1 unspecified atom stereocenters. The Morgan fingerprint density at radius 1 is 1.27 bits per heavy atom. The van der Waals surface area contributed by atoms with Gasteiger partial charge in [-0.2, -0.15) is 5.10 Å². The first-order valence-corrected chi connectivity index (χ1v) is 9.18. The number of nitrogens with one attached hydrogen (secondary N) is 4. The molecule has 0 saturated carbocycles. The second-order valence-electron chi connectivity index (χ2n) is 6.81. The molecule has 11 nitrogen and oxygen atoms in total. The third-order valence-corrected chi connectivity index (χ3v) is 3.85. The van der Waals surface area contributed by atoms with Crippen LogP contribution in [0.25, 0.3) is 0 Å². The Bertz CT molecular complexity index is 943. The van der Waals surface area contributed by atoms with E-state index in [0.717, 1.165) is 6.21 Å². The quantitative estimate of drug-likeness (QED) is 0.240. The Labute approximate surface area is 173 Å². The second-order valence-corrected chi connectivity index (χ2v) is 6.81. The van der Waals surface area contributed by atoms with Crippen LogP contribution in [0.15, 0.2) is 35.6 Å². The molecular weight excluding hydrogens is 386 g/mol. The largest absolute Gasteiger partial charge is 0.368 e. The monoisotopic (exact) mass is 411 g/mol. The number of hydrazone groups is 1. The van der Waals surface area contributed by atoms with Gasteiger partial charge in [-0.3, -0.25) is 15.0 Å². The zero-order valence-corrected chi connectivity index (χ0v) is 16.7. The van der Waals surface area contributed by atoms with Crippen LogP contribution in [0.3, 0.4) is 0 Å². The van der Waals surface area contributed by atoms with Crippen LogP contribution < -0.4 is 27.5 Å². The van der Waals surface area contributed by atoms with E-state index in [1.807, 2.05) is 13.8 Å². The van der Waals surface area contributed by atoms with Crippen LogP contribution in [-0.4, -0.2) is 40.3 Å². The number of carbonyl (C=O) groups excluding carboxylic acids is 2. The number of rotatable bonds is 11. The molecule has 1 heterocycles. The predicted octanol–water partition coefficient (Wildman–Crippen LogP) is 1.68. The number of primary amides is 2. The third-order valence-electron chi connectivity index (χ3n) is 3.85. The average Bonchev–Trinajstić information content (AvgIpc) is 2.67. The molecule has 158 valence electrons. The second kappa shape index (κ2) is 10.5. The normalized spacial score (nSPS) is 11.8. The molecule has 0 fully saturated rings. The molecule has 0 aliphatic rings. The minimum absolute atomic E-state index is 0.0553. The molecule has 0 aliphatic heterocycles. The van der Waals surface area contributed by atoms with Crippen molar-refractivity contribution >= 4 is 47.3 Å². The average molecular weight is 411 g/mol. The summed E-state index contributed by atoms with van der Waals surface area (Å²) in [6, 6.07) is 6.37. The summed E-state index contributed by atoms with van der Waals surface area (Å²) < 4.78 is 0. The summed E-state index contributed by atoms with van der Waals surface area (Å²) in [5.74, 6) is -0.633. The summed E-state index contributed by atoms with van der Waals surface area (Å²) in [7, 11) is 0. The zero-order valence-electron chi connectivity index (χ0n) is 16.7. The predicted molar refractivity (Wildman–Crippen MR) is 117 cm³/mol. The van der Waals surface area contributed by atoms with Gasteiger partial charge < -0.3 is 27.5 Å². The summed E-state index contributed by atoms with van der Waals surface area (Å²) in [5, 5.41) is 16.7. The van der Waals surface area contributed by atoms with Crippen LogP contribution in [0.5, 0.6) is 0 Å². The van der Waals surface area contributed by atoms with Gasteiger partial charge in [0.25, 0.3) is 5.91 Å². The van der Waals surface area contributed by atoms with Crippen molar-refractivity contribution in [1.82, 2.24) is 9.97 Å². The Morgan fingerprint density at radius 3 is 2.63 bits per heavy atom. The molecule has 0 aliphatic carbocycles. The van der Waals surface area contributed by atoms with Crippen molar-refractivity contribution in [2.24, 2.45) is 22.5 Å². The molecular formula is C19H25N9O2. The lowest BCUT2D eigenvalue weighted by Crippen LogP contribution is -2.37. The first-order chi connectivity index (χ1) is 14.3. The van der Waals surface area contributed by atoms with Gasteiger partial charge in [0.15, 0.2) is 11.5 Å². The van der Waals surface area contributed by atoms with Gasteiger partial charge in [-0.1, -0.05) is 19.9 Å². The number of hydrogen-bond acceptors (Lipinski definition) is 9. The van der Waals surface area contributed by atoms with E-state index in [4.69, 9.17) is 16.9 Å². The maximum atomic E-state index is 11.8. The summed E-state index contributed by atoms with van der Waals surface area (Å²) in [6.45, 7) is 3.94. The van der Waals surface area contributed by atoms with Crippen molar-refractivity contribution in [1.29, 1.82) is 5.41 Å². The number of nitrogens with zero attached hydrogens (tertiary/aromatic N) is 3. The molecule has 0 bridgehead atoms. The van der Waals surface area contributed by atoms with E-state index in [1.165, 1.54) is 12.4 Å². The topological polar surface area (TPSA) is 184 Å². The van der Waals surface area contributed by atoms with Crippen molar-refractivity contribution in [2.75, 3.05) is 16.1 Å². The van der Waals surface area contributed by atoms with Crippen molar-refractivity contribution in [3.8, 4) is 0 Å². The fraction of sp³-hybridized carbons (Fsp3) is 0.263. The van der Waals surface area contributed by atoms with E-state index in [2.05, 4.69) is 31.1 Å². The van der Waals surface area contributed by atoms with E-state index in [0.29, 0.717) is 17.8 Å². The Hall–Kier alpha value is -4.02. The molecule has 2 rings (SSSR count). The van der Waals surface area contributed by atoms with Gasteiger partial charge >= 0.3 is 0 Å². The lowest BCUT2D eigenvalue weighted by molar-refractivity contribution is -0.119. The van der Waals surface area contributed by atoms with Crippen LogP contribution in [0.1, 0.15) is 30.8 Å². The number of hydrogen-bond donors (Lipinski definition) is 6. The highest BCUT2D eigenvalue weighted by molar-refractivity contribution is 6.14. The Balaban J connectivity index is 2.29. The maximum absolute atomic E-state index is 11.8. The Morgan fingerprint density at radius 2 is 2.00 bits per heavy atom. The van der Waals surface area contributed by atoms with Crippen LogP contribution in [0.2, 0.25) is 0 Å². The zero-order chi connectivity index (χ0) is 22.1. The molecule has 0 saturated heterocycles. The smallest absolute Gasteiger partial charge is 0.271 e. The molecule has 2 aromatic rings. The first kappa shape index (κ1) is 22.3. The number of benzene rings is 1. The SMILES string of the molecule is CC(C)CC(Nc1cnc(C(N)=O)c(Nc2cccc(N/N=C\C=N)c2)n1)C(N)=O. The standard InChI is InChI=1S/C19H25N9O2/c1-11(2)8-14(17(21)29)26-15-10-23-16(18(22)30)19(27-15)25-12-4-3-5-13(9-12)28-24-7-6-20/h3-7,9-11,14,20,28H,8H2,1-2H3,(H2,21,29)(H2,22,30)(H2,25,26,27)/b20-6?,24-7-. The molecule has 1 aromatic heterocycles. The van der Waals surface area contributed by atoms with Crippen LogP contribution >= 0.6 is 0 Å². The minimum atomic E-state index is -0.755.